The fourth-order valence-corrected chi connectivity index (χ4v) is 2.23. The van der Waals surface area contributed by atoms with Crippen LogP contribution in [0.1, 0.15) is 0 Å². The van der Waals surface area contributed by atoms with Crippen LogP contribution in [0.15, 0.2) is 12.4 Å². The highest BCUT2D eigenvalue weighted by Crippen LogP contribution is 2.40. The van der Waals surface area contributed by atoms with Gasteiger partial charge < -0.3 is 4.57 Å². The Morgan fingerprint density at radius 3 is 2.50 bits per heavy atom. The Morgan fingerprint density at radius 2 is 2.17 bits per heavy atom. The number of hydrogen-bond donors (Lipinski definition) is 0. The Morgan fingerprint density at radius 1 is 1.58 bits per heavy atom. The van der Waals surface area contributed by atoms with Crippen molar-refractivity contribution >= 4 is 12.9 Å². The molecule has 12 heavy (non-hydrogen) atoms. The molecule has 68 valence electrons. The van der Waals surface area contributed by atoms with Crippen LogP contribution in [0.3, 0.4) is 0 Å². The summed E-state index contributed by atoms with van der Waals surface area (Å²) in [4.78, 5) is 4.07. The van der Waals surface area contributed by atoms with Gasteiger partial charge in [0, 0.05) is 26.1 Å². The van der Waals surface area contributed by atoms with Crippen molar-refractivity contribution in [3.8, 4) is 0 Å². The summed E-state index contributed by atoms with van der Waals surface area (Å²) in [5.41, 5.74) is 0.646. The normalized spacial score (nSPS) is 16.4. The molecule has 4 nitrogen and oxygen atoms in total. The van der Waals surface area contributed by atoms with Crippen LogP contribution in [0, 0.1) is 0 Å². The topological polar surface area (TPSA) is 38.1 Å². The van der Waals surface area contributed by atoms with Gasteiger partial charge in [-0.2, -0.15) is 0 Å². The third kappa shape index (κ3) is 1.45. The predicted molar refractivity (Wildman–Crippen MR) is 50.1 cm³/mol. The molecule has 5 heteroatoms. The fraction of sp³-hybridized carbons (Fsp3) is 0.571. The molecule has 1 unspecified atom stereocenters. The second-order valence-corrected chi connectivity index (χ2v) is 6.02. The molecule has 1 rings (SSSR count). The lowest BCUT2D eigenvalue weighted by atomic mass is 10.9. The molecule has 0 aliphatic rings. The van der Waals surface area contributed by atoms with Crippen LogP contribution >= 0.6 is 7.29 Å². The lowest BCUT2D eigenvalue weighted by Crippen LogP contribution is -2.24. The number of aromatic nitrogens is 2. The third-order valence-corrected chi connectivity index (χ3v) is 4.63. The Hall–Kier alpha value is -0.600. The van der Waals surface area contributed by atoms with Crippen LogP contribution in [0.5, 0.6) is 0 Å². The molecule has 1 aromatic rings. The number of nitrogens with zero attached hydrogens (tertiary/aromatic N) is 3. The van der Waals surface area contributed by atoms with Crippen LogP contribution in [-0.2, 0) is 11.6 Å². The van der Waals surface area contributed by atoms with E-state index in [1.165, 1.54) is 0 Å². The average molecular weight is 187 g/mol. The molecule has 0 fully saturated rings. The quantitative estimate of drug-likeness (QED) is 0.633. The van der Waals surface area contributed by atoms with Crippen molar-refractivity contribution in [2.24, 2.45) is 7.05 Å². The van der Waals surface area contributed by atoms with Gasteiger partial charge in [0.05, 0.1) is 0 Å². The minimum absolute atomic E-state index is 0.646. The lowest BCUT2D eigenvalue weighted by Gasteiger charge is -2.19. The fourth-order valence-electron chi connectivity index (χ4n) is 0.936. The summed E-state index contributed by atoms with van der Waals surface area (Å²) in [6, 6.07) is 0. The van der Waals surface area contributed by atoms with E-state index in [1.54, 1.807) is 42.4 Å². The van der Waals surface area contributed by atoms with Gasteiger partial charge in [-0.15, -0.1) is 0 Å². The van der Waals surface area contributed by atoms with Crippen molar-refractivity contribution in [3.63, 3.8) is 0 Å². The van der Waals surface area contributed by atoms with E-state index in [0.29, 0.717) is 5.57 Å². The number of hydrogen-bond acceptors (Lipinski definition) is 2. The van der Waals surface area contributed by atoms with Crippen LogP contribution in [-0.4, -0.2) is 35.0 Å². The highest BCUT2D eigenvalue weighted by atomic mass is 31.2. The summed E-state index contributed by atoms with van der Waals surface area (Å²) in [6.07, 6.45) is 3.46. The zero-order valence-electron chi connectivity index (χ0n) is 7.85. The summed E-state index contributed by atoms with van der Waals surface area (Å²) < 4.78 is 15.5. The summed E-state index contributed by atoms with van der Waals surface area (Å²) in [6.45, 7) is 1.72. The van der Waals surface area contributed by atoms with Crippen LogP contribution in [0.25, 0.3) is 0 Å². The monoisotopic (exact) mass is 187 g/mol. The van der Waals surface area contributed by atoms with Crippen LogP contribution < -0.4 is 5.57 Å². The predicted octanol–water partition coefficient (Wildman–Crippen LogP) is 0.515. The Kier molecular flexibility index (Phi) is 2.40. The first-order valence-corrected chi connectivity index (χ1v) is 5.80. The molecule has 0 saturated carbocycles. The molecule has 1 heterocycles. The van der Waals surface area contributed by atoms with Gasteiger partial charge in [-0.25, -0.2) is 4.98 Å². The summed E-state index contributed by atoms with van der Waals surface area (Å²) in [7, 11) is 3.03. The Labute approximate surface area is 72.6 Å². The van der Waals surface area contributed by atoms with E-state index in [0.717, 1.165) is 0 Å². The second-order valence-electron chi connectivity index (χ2n) is 3.06. The van der Waals surface area contributed by atoms with E-state index in [4.69, 9.17) is 0 Å². The molecule has 0 aliphatic heterocycles. The van der Waals surface area contributed by atoms with E-state index in [9.17, 15) is 4.57 Å². The zero-order valence-corrected chi connectivity index (χ0v) is 8.75. The number of rotatable bonds is 2. The molecule has 0 amide bonds. The molecule has 0 N–H and O–H groups in total. The van der Waals surface area contributed by atoms with Gasteiger partial charge in [-0.05, 0) is 14.1 Å². The van der Waals surface area contributed by atoms with E-state index in [1.807, 2.05) is 7.05 Å². The zero-order chi connectivity index (χ0) is 9.35. The smallest absolute Gasteiger partial charge is 0.209 e. The minimum Gasteiger partial charge on any atom is -0.331 e. The molecule has 0 radical (unpaired) electrons. The Balaban J connectivity index is 3.14. The summed E-state index contributed by atoms with van der Waals surface area (Å²) in [5.74, 6) is 0. The number of imidazole rings is 1. The van der Waals surface area contributed by atoms with Gasteiger partial charge in [-0.3, -0.25) is 9.24 Å². The van der Waals surface area contributed by atoms with Crippen molar-refractivity contribution < 1.29 is 4.57 Å². The third-order valence-electron chi connectivity index (χ3n) is 1.93. The first-order valence-electron chi connectivity index (χ1n) is 3.69. The van der Waals surface area contributed by atoms with Gasteiger partial charge in [0.2, 0.25) is 7.29 Å². The molecule has 0 aromatic carbocycles. The Bertz CT molecular complexity index is 318. The first kappa shape index (κ1) is 9.49. The first-order chi connectivity index (χ1) is 5.46. The van der Waals surface area contributed by atoms with E-state index in [2.05, 4.69) is 4.98 Å². The maximum Gasteiger partial charge on any atom is 0.209 e. The standard InChI is InChI=1S/C7H14N3OP/c1-9(2)12(4,11)7-8-5-6-10(7)3/h5-6H,1-4H3. The summed E-state index contributed by atoms with van der Waals surface area (Å²) in [5, 5.41) is 0. The molecular weight excluding hydrogens is 173 g/mol. The largest absolute Gasteiger partial charge is 0.331 e. The molecule has 1 atom stereocenters. The molecule has 0 saturated heterocycles. The second kappa shape index (κ2) is 3.04. The van der Waals surface area contributed by atoms with E-state index < -0.39 is 7.29 Å². The molecule has 0 aliphatic carbocycles. The number of aryl methyl sites for hydroxylation is 1. The van der Waals surface area contributed by atoms with E-state index >= 15 is 0 Å². The van der Waals surface area contributed by atoms with Gasteiger partial charge >= 0.3 is 0 Å². The van der Waals surface area contributed by atoms with Crippen molar-refractivity contribution in [3.05, 3.63) is 12.4 Å². The average Bonchev–Trinajstić information content (AvgIpc) is 2.35. The van der Waals surface area contributed by atoms with Crippen LogP contribution in [0.2, 0.25) is 0 Å². The maximum absolute atomic E-state index is 12.0. The van der Waals surface area contributed by atoms with Gasteiger partial charge in [0.25, 0.3) is 0 Å². The van der Waals surface area contributed by atoms with Crippen molar-refractivity contribution in [1.82, 2.24) is 14.2 Å². The summed E-state index contributed by atoms with van der Waals surface area (Å²) >= 11 is 0. The van der Waals surface area contributed by atoms with Crippen molar-refractivity contribution in [2.45, 2.75) is 0 Å². The lowest BCUT2D eigenvalue weighted by molar-refractivity contribution is 0.526. The highest BCUT2D eigenvalue weighted by molar-refractivity contribution is 7.68. The maximum atomic E-state index is 12.0. The van der Waals surface area contributed by atoms with Crippen molar-refractivity contribution in [1.29, 1.82) is 0 Å². The molecular formula is C7H14N3OP. The minimum atomic E-state index is -2.42. The van der Waals surface area contributed by atoms with Crippen LogP contribution in [0.4, 0.5) is 0 Å². The van der Waals surface area contributed by atoms with Gasteiger partial charge in [0.15, 0.2) is 5.57 Å². The van der Waals surface area contributed by atoms with Gasteiger partial charge in [0.1, 0.15) is 0 Å². The molecule has 0 bridgehead atoms. The molecule has 1 aromatic heterocycles. The van der Waals surface area contributed by atoms with Crippen molar-refractivity contribution in [2.75, 3.05) is 20.8 Å². The SMILES string of the molecule is CN(C)P(C)(=O)c1nccn1C. The highest BCUT2D eigenvalue weighted by Gasteiger charge is 2.24. The van der Waals surface area contributed by atoms with Gasteiger partial charge in [-0.1, -0.05) is 0 Å². The molecule has 0 spiro atoms. The van der Waals surface area contributed by atoms with E-state index in [-0.39, 0.29) is 0 Å².